The van der Waals surface area contributed by atoms with Crippen molar-refractivity contribution in [2.24, 2.45) is 0 Å². The van der Waals surface area contributed by atoms with E-state index in [1.165, 1.54) is 0 Å². The van der Waals surface area contributed by atoms with Gasteiger partial charge < -0.3 is 9.47 Å². The molecule has 0 aromatic carbocycles. The molecule has 18 heavy (non-hydrogen) atoms. The summed E-state index contributed by atoms with van der Waals surface area (Å²) >= 11 is 0. The molecule has 0 saturated carbocycles. The molecule has 106 valence electrons. The van der Waals surface area contributed by atoms with Gasteiger partial charge in [0.15, 0.2) is 0 Å². The van der Waals surface area contributed by atoms with Crippen LogP contribution >= 0.6 is 0 Å². The van der Waals surface area contributed by atoms with Crippen LogP contribution in [0.15, 0.2) is 0 Å². The van der Waals surface area contributed by atoms with E-state index in [9.17, 15) is 0 Å². The van der Waals surface area contributed by atoms with Crippen molar-refractivity contribution in [2.45, 2.75) is 52.1 Å². The molecule has 2 aliphatic rings. The number of morpholine rings is 2. The SMILES string of the molecule is CC1CN(CCN2CC(C)OC(C)C2)CC(C)O1. The molecule has 2 aliphatic heterocycles. The van der Waals surface area contributed by atoms with E-state index in [0.29, 0.717) is 24.4 Å². The van der Waals surface area contributed by atoms with Gasteiger partial charge in [0.05, 0.1) is 24.4 Å². The Morgan fingerprint density at radius 3 is 1.22 bits per heavy atom. The van der Waals surface area contributed by atoms with Gasteiger partial charge in [0.25, 0.3) is 0 Å². The van der Waals surface area contributed by atoms with Crippen molar-refractivity contribution in [1.82, 2.24) is 9.80 Å². The van der Waals surface area contributed by atoms with Gasteiger partial charge in [0, 0.05) is 39.3 Å². The molecule has 0 spiro atoms. The van der Waals surface area contributed by atoms with Crippen LogP contribution in [0.1, 0.15) is 27.7 Å². The van der Waals surface area contributed by atoms with Crippen molar-refractivity contribution in [3.05, 3.63) is 0 Å². The third-order valence-corrected chi connectivity index (χ3v) is 3.72. The van der Waals surface area contributed by atoms with Crippen molar-refractivity contribution < 1.29 is 9.47 Å². The molecule has 0 aromatic rings. The zero-order valence-electron chi connectivity index (χ0n) is 12.3. The summed E-state index contributed by atoms with van der Waals surface area (Å²) in [5, 5.41) is 0. The van der Waals surface area contributed by atoms with Crippen molar-refractivity contribution in [3.8, 4) is 0 Å². The van der Waals surface area contributed by atoms with Gasteiger partial charge in [-0.15, -0.1) is 0 Å². The van der Waals surface area contributed by atoms with Gasteiger partial charge in [-0.1, -0.05) is 0 Å². The second-order valence-corrected chi connectivity index (χ2v) is 6.03. The molecule has 0 amide bonds. The Balaban J connectivity index is 1.73. The highest BCUT2D eigenvalue weighted by Crippen LogP contribution is 2.13. The first kappa shape index (κ1) is 14.3. The van der Waals surface area contributed by atoms with E-state index in [-0.39, 0.29) is 0 Å². The summed E-state index contributed by atoms with van der Waals surface area (Å²) in [5.74, 6) is 0. The van der Waals surface area contributed by atoms with Crippen LogP contribution in [0.5, 0.6) is 0 Å². The average Bonchev–Trinajstić information content (AvgIpc) is 2.23. The largest absolute Gasteiger partial charge is 0.373 e. The molecule has 2 heterocycles. The standard InChI is InChI=1S/C14H28N2O2/c1-11-7-15(8-12(2)17-11)5-6-16-9-13(3)18-14(4)10-16/h11-14H,5-10H2,1-4H3. The third kappa shape index (κ3) is 4.19. The monoisotopic (exact) mass is 256 g/mol. The average molecular weight is 256 g/mol. The molecule has 2 saturated heterocycles. The second kappa shape index (κ2) is 6.33. The molecule has 2 fully saturated rings. The maximum Gasteiger partial charge on any atom is 0.0678 e. The highest BCUT2D eigenvalue weighted by Gasteiger charge is 2.25. The number of ether oxygens (including phenoxy) is 2. The summed E-state index contributed by atoms with van der Waals surface area (Å²) in [6.07, 6.45) is 1.49. The molecule has 4 heteroatoms. The van der Waals surface area contributed by atoms with Gasteiger partial charge in [0.2, 0.25) is 0 Å². The first-order chi connectivity index (χ1) is 8.52. The van der Waals surface area contributed by atoms with E-state index in [1.54, 1.807) is 0 Å². The molecular formula is C14H28N2O2. The minimum atomic E-state index is 0.372. The fourth-order valence-corrected chi connectivity index (χ4v) is 3.22. The lowest BCUT2D eigenvalue weighted by atomic mass is 10.2. The van der Waals surface area contributed by atoms with Gasteiger partial charge in [0.1, 0.15) is 0 Å². The highest BCUT2D eigenvalue weighted by molar-refractivity contribution is 4.77. The summed E-state index contributed by atoms with van der Waals surface area (Å²) in [7, 11) is 0. The Morgan fingerprint density at radius 2 is 0.944 bits per heavy atom. The van der Waals surface area contributed by atoms with Crippen molar-refractivity contribution in [2.75, 3.05) is 39.3 Å². The van der Waals surface area contributed by atoms with Crippen molar-refractivity contribution >= 4 is 0 Å². The number of rotatable bonds is 3. The van der Waals surface area contributed by atoms with Crippen LogP contribution in [0.2, 0.25) is 0 Å². The van der Waals surface area contributed by atoms with Crippen LogP contribution in [0.3, 0.4) is 0 Å². The molecular weight excluding hydrogens is 228 g/mol. The van der Waals surface area contributed by atoms with Crippen LogP contribution in [-0.2, 0) is 9.47 Å². The zero-order valence-corrected chi connectivity index (χ0v) is 12.3. The summed E-state index contributed by atoms with van der Waals surface area (Å²) in [6.45, 7) is 15.3. The Morgan fingerprint density at radius 1 is 0.667 bits per heavy atom. The Kier molecular flexibility index (Phi) is 5.01. The van der Waals surface area contributed by atoms with Gasteiger partial charge in [-0.05, 0) is 27.7 Å². The van der Waals surface area contributed by atoms with Crippen LogP contribution in [0.4, 0.5) is 0 Å². The van der Waals surface area contributed by atoms with E-state index >= 15 is 0 Å². The second-order valence-electron chi connectivity index (χ2n) is 6.03. The summed E-state index contributed by atoms with van der Waals surface area (Å²) < 4.78 is 11.5. The molecule has 0 N–H and O–H groups in total. The van der Waals surface area contributed by atoms with Gasteiger partial charge in [-0.25, -0.2) is 0 Å². The van der Waals surface area contributed by atoms with Crippen LogP contribution < -0.4 is 0 Å². The molecule has 0 aliphatic carbocycles. The first-order valence-electron chi connectivity index (χ1n) is 7.28. The topological polar surface area (TPSA) is 24.9 Å². The molecule has 0 bridgehead atoms. The first-order valence-corrected chi connectivity index (χ1v) is 7.28. The van der Waals surface area contributed by atoms with Crippen molar-refractivity contribution in [1.29, 1.82) is 0 Å². The van der Waals surface area contributed by atoms with Gasteiger partial charge >= 0.3 is 0 Å². The summed E-state index contributed by atoms with van der Waals surface area (Å²) in [5.41, 5.74) is 0. The molecule has 0 radical (unpaired) electrons. The van der Waals surface area contributed by atoms with Gasteiger partial charge in [-0.2, -0.15) is 0 Å². The summed E-state index contributed by atoms with van der Waals surface area (Å²) in [6, 6.07) is 0. The fourth-order valence-electron chi connectivity index (χ4n) is 3.22. The Labute approximate surface area is 111 Å². The van der Waals surface area contributed by atoms with E-state index in [1.807, 2.05) is 0 Å². The quantitative estimate of drug-likeness (QED) is 0.758. The maximum atomic E-state index is 5.77. The normalized spacial score (nSPS) is 40.0. The molecule has 0 aromatic heterocycles. The molecule has 4 nitrogen and oxygen atoms in total. The highest BCUT2D eigenvalue weighted by atomic mass is 16.5. The predicted molar refractivity (Wildman–Crippen MR) is 72.9 cm³/mol. The Hall–Kier alpha value is -0.160. The lowest BCUT2D eigenvalue weighted by Crippen LogP contribution is -2.51. The number of hydrogen-bond donors (Lipinski definition) is 0. The fraction of sp³-hybridized carbons (Fsp3) is 1.00. The smallest absolute Gasteiger partial charge is 0.0678 e. The van der Waals surface area contributed by atoms with Crippen LogP contribution in [0, 0.1) is 0 Å². The van der Waals surface area contributed by atoms with E-state index < -0.39 is 0 Å². The third-order valence-electron chi connectivity index (χ3n) is 3.72. The van der Waals surface area contributed by atoms with E-state index in [4.69, 9.17) is 9.47 Å². The summed E-state index contributed by atoms with van der Waals surface area (Å²) in [4.78, 5) is 5.06. The minimum absolute atomic E-state index is 0.372. The zero-order chi connectivity index (χ0) is 13.1. The van der Waals surface area contributed by atoms with Crippen LogP contribution in [0.25, 0.3) is 0 Å². The number of hydrogen-bond acceptors (Lipinski definition) is 4. The van der Waals surface area contributed by atoms with E-state index in [0.717, 1.165) is 39.3 Å². The van der Waals surface area contributed by atoms with E-state index in [2.05, 4.69) is 37.5 Å². The van der Waals surface area contributed by atoms with Crippen molar-refractivity contribution in [3.63, 3.8) is 0 Å². The lowest BCUT2D eigenvalue weighted by molar-refractivity contribution is -0.0839. The molecule has 2 rings (SSSR count). The van der Waals surface area contributed by atoms with Gasteiger partial charge in [-0.3, -0.25) is 9.80 Å². The van der Waals surface area contributed by atoms with Crippen LogP contribution in [-0.4, -0.2) is 73.5 Å². The molecule has 4 unspecified atom stereocenters. The minimum Gasteiger partial charge on any atom is -0.373 e. The maximum absolute atomic E-state index is 5.77. The predicted octanol–water partition coefficient (Wildman–Crippen LogP) is 1.20. The molecule has 4 atom stereocenters. The number of nitrogens with zero attached hydrogens (tertiary/aromatic N) is 2. The lowest BCUT2D eigenvalue weighted by Gasteiger charge is -2.39. The Bertz CT molecular complexity index is 216.